The van der Waals surface area contributed by atoms with Crippen LogP contribution in [0.2, 0.25) is 5.02 Å². The van der Waals surface area contributed by atoms with E-state index >= 15 is 0 Å². The van der Waals surface area contributed by atoms with Gasteiger partial charge >= 0.3 is 0 Å². The van der Waals surface area contributed by atoms with Crippen molar-refractivity contribution in [1.82, 2.24) is 0 Å². The Morgan fingerprint density at radius 2 is 2.10 bits per heavy atom. The zero-order valence-electron chi connectivity index (χ0n) is 12.2. The zero-order chi connectivity index (χ0) is 14.7. The Bertz CT molecular complexity index is 480. The average Bonchev–Trinajstić information content (AvgIpc) is 2.50. The van der Waals surface area contributed by atoms with Crippen molar-refractivity contribution in [3.05, 3.63) is 28.8 Å². The molecule has 1 unspecified atom stereocenters. The topological polar surface area (TPSA) is 18.5 Å². The molecule has 0 N–H and O–H groups in total. The summed E-state index contributed by atoms with van der Waals surface area (Å²) in [6, 6.07) is 6.02. The maximum Gasteiger partial charge on any atom is 0.138 e. The Kier molecular flexibility index (Phi) is 5.13. The van der Waals surface area contributed by atoms with E-state index in [9.17, 15) is 0 Å². The van der Waals surface area contributed by atoms with Gasteiger partial charge < -0.3 is 9.47 Å². The lowest BCUT2D eigenvalue weighted by Crippen LogP contribution is -2.45. The summed E-state index contributed by atoms with van der Waals surface area (Å²) in [5.41, 5.74) is 1.24. The van der Waals surface area contributed by atoms with Gasteiger partial charge in [0, 0.05) is 18.2 Å². The molecule has 4 heteroatoms. The molecule has 1 aliphatic carbocycles. The van der Waals surface area contributed by atoms with Gasteiger partial charge in [-0.25, -0.2) is 0 Å². The van der Waals surface area contributed by atoms with Gasteiger partial charge in [-0.3, -0.25) is 0 Å². The quantitative estimate of drug-likeness (QED) is 0.652. The fraction of sp³-hybridized carbons (Fsp3) is 0.647. The first kappa shape index (κ1) is 15.6. The van der Waals surface area contributed by atoms with Gasteiger partial charge in [-0.15, -0.1) is 0 Å². The molecule has 1 saturated heterocycles. The highest BCUT2D eigenvalue weighted by atomic mass is 79.9. The van der Waals surface area contributed by atoms with E-state index in [1.54, 1.807) is 0 Å². The predicted octanol–water partition coefficient (Wildman–Crippen LogP) is 5.50. The summed E-state index contributed by atoms with van der Waals surface area (Å²) in [5, 5.41) is 1.52. The molecule has 0 amide bonds. The summed E-state index contributed by atoms with van der Waals surface area (Å²) >= 11 is 9.77. The third kappa shape index (κ3) is 3.75. The van der Waals surface area contributed by atoms with Gasteiger partial charge in [0.05, 0.1) is 17.2 Å². The Balaban J connectivity index is 1.67. The number of halogens is 2. The normalized spacial score (nSPS) is 25.0. The molecule has 21 heavy (non-hydrogen) atoms. The van der Waals surface area contributed by atoms with Crippen LogP contribution in [0.5, 0.6) is 5.75 Å². The summed E-state index contributed by atoms with van der Waals surface area (Å²) in [6.45, 7) is 0.807. The second kappa shape index (κ2) is 6.89. The standard InChI is InChI=1S/C17H22BrClO2/c18-12-13-4-5-16(15(19)10-13)21-14-6-9-20-17(11-14)7-2-1-3-8-17/h4-5,10,14H,1-3,6-9,11-12H2. The maximum atomic E-state index is 6.33. The van der Waals surface area contributed by atoms with Crippen LogP contribution in [0, 0.1) is 0 Å². The maximum absolute atomic E-state index is 6.33. The lowest BCUT2D eigenvalue weighted by molar-refractivity contribution is -0.129. The van der Waals surface area contributed by atoms with Crippen molar-refractivity contribution in [2.24, 2.45) is 0 Å². The molecule has 1 aromatic rings. The minimum Gasteiger partial charge on any atom is -0.489 e. The van der Waals surface area contributed by atoms with Gasteiger partial charge in [0.25, 0.3) is 0 Å². The minimum atomic E-state index is 0.0729. The Labute approximate surface area is 140 Å². The van der Waals surface area contributed by atoms with Crippen LogP contribution in [0.1, 0.15) is 50.5 Å². The number of hydrogen-bond donors (Lipinski definition) is 0. The summed E-state index contributed by atoms with van der Waals surface area (Å²) in [6.07, 6.45) is 8.47. The SMILES string of the molecule is Clc1cc(CBr)ccc1OC1CCOC2(CCCCC2)C1. The molecule has 1 atom stereocenters. The molecule has 2 nitrogen and oxygen atoms in total. The number of ether oxygens (including phenoxy) is 2. The molecule has 1 heterocycles. The lowest BCUT2D eigenvalue weighted by atomic mass is 9.79. The van der Waals surface area contributed by atoms with E-state index in [0.717, 1.165) is 30.5 Å². The van der Waals surface area contributed by atoms with Crippen molar-refractivity contribution >= 4 is 27.5 Å². The number of alkyl halides is 1. The number of hydrogen-bond acceptors (Lipinski definition) is 2. The molecule has 1 aromatic carbocycles. The first-order valence-electron chi connectivity index (χ1n) is 7.86. The summed E-state index contributed by atoms with van der Waals surface area (Å²) in [5.74, 6) is 0.805. The fourth-order valence-electron chi connectivity index (χ4n) is 3.53. The van der Waals surface area contributed by atoms with E-state index in [4.69, 9.17) is 21.1 Å². The van der Waals surface area contributed by atoms with Gasteiger partial charge in [-0.2, -0.15) is 0 Å². The van der Waals surface area contributed by atoms with E-state index < -0.39 is 0 Å². The second-order valence-corrected chi connectivity index (χ2v) is 7.19. The van der Waals surface area contributed by atoms with Crippen LogP contribution in [0.3, 0.4) is 0 Å². The number of rotatable bonds is 3. The van der Waals surface area contributed by atoms with Crippen molar-refractivity contribution in [2.45, 2.75) is 62.0 Å². The molecule has 2 aliphatic rings. The van der Waals surface area contributed by atoms with Crippen molar-refractivity contribution in [2.75, 3.05) is 6.61 Å². The minimum absolute atomic E-state index is 0.0729. The van der Waals surface area contributed by atoms with E-state index in [2.05, 4.69) is 22.0 Å². The van der Waals surface area contributed by atoms with Crippen LogP contribution in [-0.2, 0) is 10.1 Å². The van der Waals surface area contributed by atoms with Crippen LogP contribution in [0.25, 0.3) is 0 Å². The third-order valence-electron chi connectivity index (χ3n) is 4.66. The van der Waals surface area contributed by atoms with Crippen LogP contribution >= 0.6 is 27.5 Å². The molecule has 1 spiro atoms. The fourth-order valence-corrected chi connectivity index (χ4v) is 4.13. The first-order chi connectivity index (χ1) is 10.2. The van der Waals surface area contributed by atoms with Crippen molar-refractivity contribution in [3.8, 4) is 5.75 Å². The van der Waals surface area contributed by atoms with Gasteiger partial charge in [-0.1, -0.05) is 52.9 Å². The second-order valence-electron chi connectivity index (χ2n) is 6.22. The van der Waals surface area contributed by atoms with Crippen LogP contribution in [0.15, 0.2) is 18.2 Å². The molecule has 1 saturated carbocycles. The monoisotopic (exact) mass is 372 g/mol. The van der Waals surface area contributed by atoms with Crippen molar-refractivity contribution in [3.63, 3.8) is 0 Å². The van der Waals surface area contributed by atoms with Crippen LogP contribution < -0.4 is 4.74 Å². The van der Waals surface area contributed by atoms with Gasteiger partial charge in [0.15, 0.2) is 0 Å². The molecule has 1 aliphatic heterocycles. The van der Waals surface area contributed by atoms with E-state index in [-0.39, 0.29) is 11.7 Å². The highest BCUT2D eigenvalue weighted by Gasteiger charge is 2.39. The largest absolute Gasteiger partial charge is 0.489 e. The highest BCUT2D eigenvalue weighted by Crippen LogP contribution is 2.40. The summed E-state index contributed by atoms with van der Waals surface area (Å²) < 4.78 is 12.3. The smallest absolute Gasteiger partial charge is 0.138 e. The Morgan fingerprint density at radius 1 is 1.29 bits per heavy atom. The Morgan fingerprint density at radius 3 is 2.81 bits per heavy atom. The van der Waals surface area contributed by atoms with Crippen molar-refractivity contribution in [1.29, 1.82) is 0 Å². The lowest BCUT2D eigenvalue weighted by Gasteiger charge is -2.43. The molecule has 0 aromatic heterocycles. The predicted molar refractivity (Wildman–Crippen MR) is 89.5 cm³/mol. The molecule has 2 fully saturated rings. The highest BCUT2D eigenvalue weighted by molar-refractivity contribution is 9.08. The van der Waals surface area contributed by atoms with Gasteiger partial charge in [0.1, 0.15) is 11.9 Å². The molecule has 0 radical (unpaired) electrons. The van der Waals surface area contributed by atoms with E-state index in [0.29, 0.717) is 5.02 Å². The molecule has 116 valence electrons. The molecular weight excluding hydrogens is 352 g/mol. The van der Waals surface area contributed by atoms with E-state index in [1.807, 2.05) is 12.1 Å². The van der Waals surface area contributed by atoms with E-state index in [1.165, 1.54) is 37.7 Å². The zero-order valence-corrected chi connectivity index (χ0v) is 14.6. The van der Waals surface area contributed by atoms with Gasteiger partial charge in [-0.05, 0) is 30.5 Å². The van der Waals surface area contributed by atoms with Gasteiger partial charge in [0.2, 0.25) is 0 Å². The average molecular weight is 374 g/mol. The summed E-state index contributed by atoms with van der Waals surface area (Å²) in [7, 11) is 0. The molecule has 0 bridgehead atoms. The van der Waals surface area contributed by atoms with Crippen LogP contribution in [-0.4, -0.2) is 18.3 Å². The summed E-state index contributed by atoms with van der Waals surface area (Å²) in [4.78, 5) is 0. The first-order valence-corrected chi connectivity index (χ1v) is 9.36. The van der Waals surface area contributed by atoms with Crippen molar-refractivity contribution < 1.29 is 9.47 Å². The molecular formula is C17H22BrClO2. The van der Waals surface area contributed by atoms with Crippen LogP contribution in [0.4, 0.5) is 0 Å². The molecule has 3 rings (SSSR count). The third-order valence-corrected chi connectivity index (χ3v) is 5.60. The Hall–Kier alpha value is -0.250. The number of benzene rings is 1.